The van der Waals surface area contributed by atoms with Crippen LogP contribution in [-0.2, 0) is 95.1 Å². The third kappa shape index (κ3) is 31.4. The van der Waals surface area contributed by atoms with E-state index < -0.39 is 17.8 Å². The molecule has 0 aliphatic carbocycles. The van der Waals surface area contributed by atoms with Crippen molar-refractivity contribution in [1.29, 1.82) is 0 Å². The molecule has 352 valence electrons. The fourth-order valence-electron chi connectivity index (χ4n) is 4.73. The number of nitrogens with zero attached hydrogens (tertiary/aromatic N) is 2. The second kappa shape index (κ2) is 39.8. The van der Waals surface area contributed by atoms with Gasteiger partial charge in [-0.3, -0.25) is 24.1 Å². The Morgan fingerprint density at radius 2 is 0.590 bits per heavy atom. The molecule has 1 saturated heterocycles. The van der Waals surface area contributed by atoms with Gasteiger partial charge in [0.15, 0.2) is 0 Å². The van der Waals surface area contributed by atoms with Crippen LogP contribution in [0.3, 0.4) is 0 Å². The van der Waals surface area contributed by atoms with Crippen LogP contribution in [0.5, 0.6) is 0 Å². The minimum absolute atomic E-state index is 0.0531. The first-order valence-corrected chi connectivity index (χ1v) is 20.7. The number of carbonyl (C=O) groups excluding carboxylic acids is 5. The van der Waals surface area contributed by atoms with Crippen molar-refractivity contribution in [2.45, 2.75) is 19.3 Å². The average Bonchev–Trinajstić information content (AvgIpc) is 3.75. The molecule has 22 nitrogen and oxygen atoms in total. The summed E-state index contributed by atoms with van der Waals surface area (Å²) >= 11 is 0. The fourth-order valence-corrected chi connectivity index (χ4v) is 4.73. The molecule has 0 bridgehead atoms. The summed E-state index contributed by atoms with van der Waals surface area (Å²) in [5.74, 6) is -2.37. The number of hydroxylamine groups is 2. The third-order valence-electron chi connectivity index (χ3n) is 7.85. The molecule has 4 amide bonds. The van der Waals surface area contributed by atoms with Gasteiger partial charge in [0.1, 0.15) is 0 Å². The Morgan fingerprint density at radius 1 is 0.361 bits per heavy atom. The third-order valence-corrected chi connectivity index (χ3v) is 7.85. The van der Waals surface area contributed by atoms with Crippen molar-refractivity contribution in [1.82, 2.24) is 9.96 Å². The number of ether oxygens (including phenoxy) is 14. The van der Waals surface area contributed by atoms with Gasteiger partial charge in [0.25, 0.3) is 23.6 Å². The second-order valence-electron chi connectivity index (χ2n) is 12.5. The minimum Gasteiger partial charge on any atom is -0.378 e. The number of amides is 4. The Morgan fingerprint density at radius 3 is 0.852 bits per heavy atom. The van der Waals surface area contributed by atoms with Gasteiger partial charge in [0.05, 0.1) is 198 Å². The molecule has 22 heteroatoms. The van der Waals surface area contributed by atoms with E-state index in [9.17, 15) is 24.0 Å². The van der Waals surface area contributed by atoms with E-state index in [1.165, 1.54) is 12.2 Å². The lowest BCUT2D eigenvalue weighted by Crippen LogP contribution is -2.33. The lowest BCUT2D eigenvalue weighted by atomic mass is 10.4. The van der Waals surface area contributed by atoms with Crippen LogP contribution in [0.25, 0.3) is 0 Å². The van der Waals surface area contributed by atoms with E-state index in [0.29, 0.717) is 170 Å². The molecule has 0 aromatic heterocycles. The van der Waals surface area contributed by atoms with Gasteiger partial charge in [-0.2, -0.15) is 0 Å². The molecule has 0 atom stereocenters. The van der Waals surface area contributed by atoms with Crippen molar-refractivity contribution in [3.8, 4) is 0 Å². The van der Waals surface area contributed by atoms with Crippen molar-refractivity contribution in [2.75, 3.05) is 192 Å². The number of hydrogen-bond donors (Lipinski definition) is 0. The first-order valence-electron chi connectivity index (χ1n) is 20.7. The highest BCUT2D eigenvalue weighted by Gasteiger charge is 2.32. The molecule has 0 N–H and O–H groups in total. The number of carbonyl (C=O) groups is 5. The zero-order chi connectivity index (χ0) is 43.7. The van der Waals surface area contributed by atoms with Crippen molar-refractivity contribution >= 4 is 29.6 Å². The standard InChI is InChI=1S/C39H66N2O20/c42-35-1-2-36(43)40(35)6-8-48-10-12-50-14-16-52-18-20-54-22-24-56-26-28-58-30-32-60-34-33-59-31-29-57-27-25-55-23-21-53-19-17-51-15-13-49-11-9-47-7-5-39(46)61-41-37(44)3-4-38(41)45/h1-2H,3-34H2. The van der Waals surface area contributed by atoms with E-state index in [1.807, 2.05) is 0 Å². The first-order chi connectivity index (χ1) is 30.0. The number of rotatable bonds is 46. The molecule has 61 heavy (non-hydrogen) atoms. The molecule has 0 spiro atoms. The molecule has 1 fully saturated rings. The maximum atomic E-state index is 11.7. The molecule has 2 heterocycles. The van der Waals surface area contributed by atoms with Crippen LogP contribution in [0.1, 0.15) is 19.3 Å². The maximum absolute atomic E-state index is 11.7. The topological polar surface area (TPSA) is 230 Å². The van der Waals surface area contributed by atoms with Gasteiger partial charge >= 0.3 is 5.97 Å². The van der Waals surface area contributed by atoms with Gasteiger partial charge in [-0.15, -0.1) is 5.06 Å². The van der Waals surface area contributed by atoms with E-state index >= 15 is 0 Å². The summed E-state index contributed by atoms with van der Waals surface area (Å²) in [6.07, 6.45) is 2.52. The van der Waals surface area contributed by atoms with Gasteiger partial charge < -0.3 is 71.2 Å². The molecule has 2 aliphatic heterocycles. The molecule has 2 rings (SSSR count). The summed E-state index contributed by atoms with van der Waals surface area (Å²) in [6, 6.07) is 0. The summed E-state index contributed by atoms with van der Waals surface area (Å²) in [4.78, 5) is 63.2. The number of imide groups is 2. The van der Waals surface area contributed by atoms with E-state index in [2.05, 4.69) is 0 Å². The van der Waals surface area contributed by atoms with Gasteiger partial charge in [0, 0.05) is 25.0 Å². The highest BCUT2D eigenvalue weighted by molar-refractivity contribution is 6.12. The van der Waals surface area contributed by atoms with Crippen LogP contribution in [0.15, 0.2) is 12.2 Å². The van der Waals surface area contributed by atoms with Crippen molar-refractivity contribution in [2.24, 2.45) is 0 Å². The largest absolute Gasteiger partial charge is 0.378 e. The van der Waals surface area contributed by atoms with Crippen LogP contribution in [-0.4, -0.2) is 231 Å². The summed E-state index contributed by atoms with van der Waals surface area (Å²) in [7, 11) is 0. The molecule has 0 aromatic carbocycles. The first kappa shape index (κ1) is 54.1. The fraction of sp³-hybridized carbons (Fsp3) is 0.821. The van der Waals surface area contributed by atoms with E-state index in [1.54, 1.807) is 0 Å². The van der Waals surface area contributed by atoms with E-state index in [0.717, 1.165) is 4.90 Å². The Hall–Kier alpha value is -3.07. The van der Waals surface area contributed by atoms with E-state index in [4.69, 9.17) is 71.2 Å². The molecule has 0 unspecified atom stereocenters. The predicted octanol–water partition coefficient (Wildman–Crippen LogP) is -0.859. The molecular formula is C39H66N2O20. The summed E-state index contributed by atoms with van der Waals surface area (Å²) in [5, 5.41) is 0.515. The van der Waals surface area contributed by atoms with Crippen LogP contribution < -0.4 is 0 Å². The summed E-state index contributed by atoms with van der Waals surface area (Å²) < 4.78 is 76.1. The molecule has 0 radical (unpaired) electrons. The second-order valence-corrected chi connectivity index (χ2v) is 12.5. The Bertz CT molecular complexity index is 1150. The Balaban J connectivity index is 1.12. The van der Waals surface area contributed by atoms with Gasteiger partial charge in [0.2, 0.25) is 0 Å². The highest BCUT2D eigenvalue weighted by atomic mass is 16.7. The predicted molar refractivity (Wildman–Crippen MR) is 209 cm³/mol. The van der Waals surface area contributed by atoms with Crippen LogP contribution in [0, 0.1) is 0 Å². The monoisotopic (exact) mass is 882 g/mol. The SMILES string of the molecule is O=C(CCOCCOCCOCCOCCOCCOCCOCCOCCOCCOCCOCCOCCOCCOCCN1C(=O)C=CC1=O)ON1C(=O)CCC1=O. The van der Waals surface area contributed by atoms with Crippen LogP contribution in [0.2, 0.25) is 0 Å². The smallest absolute Gasteiger partial charge is 0.335 e. The lowest BCUT2D eigenvalue weighted by Gasteiger charge is -2.13. The zero-order valence-corrected chi connectivity index (χ0v) is 35.3. The molecule has 2 aliphatic rings. The highest BCUT2D eigenvalue weighted by Crippen LogP contribution is 2.12. The van der Waals surface area contributed by atoms with Crippen molar-refractivity contribution in [3.63, 3.8) is 0 Å². The van der Waals surface area contributed by atoms with E-state index in [-0.39, 0.29) is 57.4 Å². The quantitative estimate of drug-likeness (QED) is 0.0535. The van der Waals surface area contributed by atoms with Crippen molar-refractivity contribution < 1.29 is 95.1 Å². The normalized spacial score (nSPS) is 14.1. The molecule has 0 saturated carbocycles. The number of hydrogen-bond acceptors (Lipinski definition) is 20. The Labute approximate surface area is 357 Å². The Kier molecular flexibility index (Phi) is 35.2. The molecule has 0 aromatic rings. The zero-order valence-electron chi connectivity index (χ0n) is 35.3. The van der Waals surface area contributed by atoms with Gasteiger partial charge in [-0.05, 0) is 0 Å². The van der Waals surface area contributed by atoms with Crippen LogP contribution >= 0.6 is 0 Å². The van der Waals surface area contributed by atoms with Gasteiger partial charge in [-0.25, -0.2) is 4.79 Å². The lowest BCUT2D eigenvalue weighted by molar-refractivity contribution is -0.198. The average molecular weight is 883 g/mol. The van der Waals surface area contributed by atoms with Crippen LogP contribution in [0.4, 0.5) is 0 Å². The van der Waals surface area contributed by atoms with Gasteiger partial charge in [-0.1, -0.05) is 0 Å². The summed E-state index contributed by atoms with van der Waals surface area (Å²) in [5.41, 5.74) is 0. The van der Waals surface area contributed by atoms with Crippen molar-refractivity contribution in [3.05, 3.63) is 12.2 Å². The molecular weight excluding hydrogens is 816 g/mol. The minimum atomic E-state index is -0.705. The maximum Gasteiger partial charge on any atom is 0.335 e. The summed E-state index contributed by atoms with van der Waals surface area (Å²) in [6.45, 7) is 11.8.